The molecule has 3 rings (SSSR count). The summed E-state index contributed by atoms with van der Waals surface area (Å²) in [5.41, 5.74) is 3.59. The van der Waals surface area contributed by atoms with Crippen LogP contribution in [0.25, 0.3) is 0 Å². The van der Waals surface area contributed by atoms with Crippen LogP contribution in [0.2, 0.25) is 5.02 Å². The normalized spacial score (nSPS) is 15.2. The quantitative estimate of drug-likeness (QED) is 0.357. The number of halogens is 2. The monoisotopic (exact) mass is 521 g/mol. The molecule has 0 aliphatic carbocycles. The van der Waals surface area contributed by atoms with Crippen LogP contribution in [-0.2, 0) is 20.7 Å². The molecule has 1 saturated heterocycles. The van der Waals surface area contributed by atoms with Crippen molar-refractivity contribution in [2.24, 2.45) is 0 Å². The van der Waals surface area contributed by atoms with Gasteiger partial charge in [-0.15, -0.1) is 0 Å². The lowest BCUT2D eigenvalue weighted by atomic mass is 9.96. The van der Waals surface area contributed by atoms with Crippen LogP contribution in [0.15, 0.2) is 36.4 Å². The number of aliphatic hydroxyl groups is 1. The third-order valence-corrected chi connectivity index (χ3v) is 6.65. The number of benzene rings is 2. The molecule has 36 heavy (non-hydrogen) atoms. The number of carbonyl (C=O) groups is 1. The highest BCUT2D eigenvalue weighted by atomic mass is 35.5. The van der Waals surface area contributed by atoms with E-state index in [0.29, 0.717) is 25.1 Å². The summed E-state index contributed by atoms with van der Waals surface area (Å²) in [7, 11) is 0. The Morgan fingerprint density at radius 2 is 1.89 bits per heavy atom. The summed E-state index contributed by atoms with van der Waals surface area (Å²) in [4.78, 5) is 13.9. The molecule has 1 fully saturated rings. The van der Waals surface area contributed by atoms with Gasteiger partial charge in [0.25, 0.3) is 0 Å². The molecule has 1 aliphatic heterocycles. The molecule has 5 nitrogen and oxygen atoms in total. The molecule has 0 saturated carbocycles. The minimum atomic E-state index is -0.561. The number of likely N-dealkylation sites (tertiary alicyclic amines) is 1. The molecule has 0 bridgehead atoms. The zero-order valence-electron chi connectivity index (χ0n) is 22.1. The van der Waals surface area contributed by atoms with E-state index in [4.69, 9.17) is 21.1 Å². The standard InChI is InChI=1S/C21H32FNO4.C8H9Cl/c1-3-20(27-15-16(24)14-23-12-5-6-13-23)18-8-7-9-19(22)17(18)10-11-21(25)26-4-2;1-6-3-4-7(2)8(9)5-6/h7-9,16,20,24H,3-6,10-15H2,1-2H3;3-5H,1-2H3. The van der Waals surface area contributed by atoms with Crippen LogP contribution >= 0.6 is 11.6 Å². The number of aliphatic hydroxyl groups excluding tert-OH is 1. The Bertz CT molecular complexity index is 949. The second kappa shape index (κ2) is 16.0. The molecule has 1 N–H and O–H groups in total. The Labute approximate surface area is 220 Å². The first kappa shape index (κ1) is 30.2. The second-order valence-electron chi connectivity index (χ2n) is 9.26. The summed E-state index contributed by atoms with van der Waals surface area (Å²) in [6, 6.07) is 10.9. The summed E-state index contributed by atoms with van der Waals surface area (Å²) >= 11 is 5.81. The van der Waals surface area contributed by atoms with Crippen molar-refractivity contribution in [3.8, 4) is 0 Å². The van der Waals surface area contributed by atoms with Gasteiger partial charge < -0.3 is 19.5 Å². The molecule has 0 spiro atoms. The van der Waals surface area contributed by atoms with Crippen molar-refractivity contribution in [2.45, 2.75) is 72.0 Å². The van der Waals surface area contributed by atoms with E-state index in [1.165, 1.54) is 24.5 Å². The van der Waals surface area contributed by atoms with Crippen molar-refractivity contribution in [1.29, 1.82) is 0 Å². The van der Waals surface area contributed by atoms with Crippen molar-refractivity contribution in [1.82, 2.24) is 4.90 Å². The van der Waals surface area contributed by atoms with Crippen LogP contribution in [0.5, 0.6) is 0 Å². The van der Waals surface area contributed by atoms with Crippen LogP contribution in [-0.4, -0.2) is 54.9 Å². The van der Waals surface area contributed by atoms with Gasteiger partial charge in [0.2, 0.25) is 0 Å². The fourth-order valence-electron chi connectivity index (χ4n) is 4.27. The van der Waals surface area contributed by atoms with Gasteiger partial charge in [0.1, 0.15) is 5.82 Å². The molecule has 0 aromatic heterocycles. The van der Waals surface area contributed by atoms with E-state index in [2.05, 4.69) is 11.0 Å². The van der Waals surface area contributed by atoms with Crippen LogP contribution in [0, 0.1) is 19.7 Å². The van der Waals surface area contributed by atoms with Gasteiger partial charge in [-0.25, -0.2) is 4.39 Å². The molecule has 0 radical (unpaired) electrons. The molecule has 0 amide bonds. The highest BCUT2D eigenvalue weighted by Crippen LogP contribution is 2.28. The minimum Gasteiger partial charge on any atom is -0.466 e. The van der Waals surface area contributed by atoms with E-state index < -0.39 is 6.10 Å². The van der Waals surface area contributed by atoms with Crippen molar-refractivity contribution in [3.05, 3.63) is 69.5 Å². The number of esters is 1. The average Bonchev–Trinajstić information content (AvgIpc) is 3.35. The Balaban J connectivity index is 0.000000425. The Morgan fingerprint density at radius 1 is 1.17 bits per heavy atom. The number of rotatable bonds is 11. The zero-order chi connectivity index (χ0) is 26.5. The highest BCUT2D eigenvalue weighted by Gasteiger charge is 2.21. The molecular weight excluding hydrogens is 481 g/mol. The van der Waals surface area contributed by atoms with Crippen LogP contribution in [0.4, 0.5) is 4.39 Å². The van der Waals surface area contributed by atoms with Crippen molar-refractivity contribution in [3.63, 3.8) is 0 Å². The first-order valence-corrected chi connectivity index (χ1v) is 13.3. The summed E-state index contributed by atoms with van der Waals surface area (Å²) in [5, 5.41) is 11.1. The van der Waals surface area contributed by atoms with Crippen molar-refractivity contribution >= 4 is 17.6 Å². The summed E-state index contributed by atoms with van der Waals surface area (Å²) in [6.07, 6.45) is 2.55. The number of aryl methyl sites for hydroxylation is 2. The maximum absolute atomic E-state index is 14.4. The fourth-order valence-corrected chi connectivity index (χ4v) is 4.50. The molecule has 1 aliphatic rings. The van der Waals surface area contributed by atoms with Gasteiger partial charge in [0.15, 0.2) is 0 Å². The molecule has 200 valence electrons. The van der Waals surface area contributed by atoms with Crippen molar-refractivity contribution < 1.29 is 23.8 Å². The van der Waals surface area contributed by atoms with E-state index in [1.807, 2.05) is 39.0 Å². The van der Waals surface area contributed by atoms with E-state index in [9.17, 15) is 14.3 Å². The number of ether oxygens (including phenoxy) is 2. The third-order valence-electron chi connectivity index (χ3n) is 6.24. The maximum Gasteiger partial charge on any atom is 0.306 e. The predicted octanol–water partition coefficient (Wildman–Crippen LogP) is 6.20. The summed E-state index contributed by atoms with van der Waals surface area (Å²) in [5.74, 6) is -0.668. The number of hydrogen-bond donors (Lipinski definition) is 1. The molecule has 2 unspecified atom stereocenters. The third kappa shape index (κ3) is 10.2. The lowest BCUT2D eigenvalue weighted by molar-refractivity contribution is -0.143. The molecule has 2 aromatic carbocycles. The Hall–Kier alpha value is -1.99. The zero-order valence-corrected chi connectivity index (χ0v) is 22.8. The molecular formula is C29H41ClFNO4. The smallest absolute Gasteiger partial charge is 0.306 e. The minimum absolute atomic E-state index is 0.135. The number of hydrogen-bond acceptors (Lipinski definition) is 5. The van der Waals surface area contributed by atoms with Crippen molar-refractivity contribution in [2.75, 3.05) is 32.8 Å². The van der Waals surface area contributed by atoms with Crippen LogP contribution in [0.1, 0.15) is 67.9 Å². The molecule has 2 atom stereocenters. The van der Waals surface area contributed by atoms with E-state index in [-0.39, 0.29) is 37.3 Å². The molecule has 1 heterocycles. The van der Waals surface area contributed by atoms with Gasteiger partial charge in [0, 0.05) is 18.0 Å². The Morgan fingerprint density at radius 3 is 2.50 bits per heavy atom. The maximum atomic E-state index is 14.4. The summed E-state index contributed by atoms with van der Waals surface area (Å²) < 4.78 is 25.3. The number of nitrogens with zero attached hydrogens (tertiary/aromatic N) is 1. The van der Waals surface area contributed by atoms with Gasteiger partial charge >= 0.3 is 5.97 Å². The van der Waals surface area contributed by atoms with Gasteiger partial charge in [-0.1, -0.05) is 42.8 Å². The Kier molecular flexibility index (Phi) is 13.4. The highest BCUT2D eigenvalue weighted by molar-refractivity contribution is 6.31. The largest absolute Gasteiger partial charge is 0.466 e. The fraction of sp³-hybridized carbons (Fsp3) is 0.552. The first-order valence-electron chi connectivity index (χ1n) is 12.9. The van der Waals surface area contributed by atoms with Crippen LogP contribution in [0.3, 0.4) is 0 Å². The van der Waals surface area contributed by atoms with Crippen LogP contribution < -0.4 is 0 Å². The van der Waals surface area contributed by atoms with Gasteiger partial charge in [-0.3, -0.25) is 4.79 Å². The van der Waals surface area contributed by atoms with Gasteiger partial charge in [-0.05, 0) is 93.9 Å². The molecule has 2 aromatic rings. The molecule has 7 heteroatoms. The van der Waals surface area contributed by atoms with E-state index in [0.717, 1.165) is 29.2 Å². The topological polar surface area (TPSA) is 59.0 Å². The van der Waals surface area contributed by atoms with E-state index in [1.54, 1.807) is 13.0 Å². The number of β-amino-alcohol motifs (C(OH)–C–C–N with tert-alkyl or cyclic N) is 1. The summed E-state index contributed by atoms with van der Waals surface area (Å²) in [6.45, 7) is 10.9. The number of carbonyl (C=O) groups excluding carboxylic acids is 1. The predicted molar refractivity (Wildman–Crippen MR) is 143 cm³/mol. The van der Waals surface area contributed by atoms with E-state index >= 15 is 0 Å². The average molecular weight is 522 g/mol. The van der Waals surface area contributed by atoms with Gasteiger partial charge in [0.05, 0.1) is 25.4 Å². The lowest BCUT2D eigenvalue weighted by Crippen LogP contribution is -2.33. The lowest BCUT2D eigenvalue weighted by Gasteiger charge is -2.24. The van der Waals surface area contributed by atoms with Gasteiger partial charge in [-0.2, -0.15) is 0 Å². The first-order chi connectivity index (χ1) is 17.2. The SMILES string of the molecule is CCOC(=O)CCc1c(F)cccc1C(CC)OCC(O)CN1CCCC1.Cc1ccc(C)c(Cl)c1. The second-order valence-corrected chi connectivity index (χ2v) is 9.66.